The van der Waals surface area contributed by atoms with Crippen molar-refractivity contribution in [3.8, 4) is 5.75 Å². The van der Waals surface area contributed by atoms with Gasteiger partial charge in [-0.05, 0) is 31.9 Å². The molecule has 1 fully saturated rings. The maximum absolute atomic E-state index is 12.1. The minimum Gasteiger partial charge on any atom is -0.492 e. The molecule has 1 amide bonds. The van der Waals surface area contributed by atoms with Crippen molar-refractivity contribution in [2.24, 2.45) is 0 Å². The standard InChI is InChI=1S/C14H17NO4/c1-2-19-12-8-4-3-6-10(12)15-11(14(17)18)7-5-9-13(15)16/h3-4,6,8,11H,2,5,7,9H2,1H3,(H,17,18). The first-order valence-corrected chi connectivity index (χ1v) is 6.42. The van der Waals surface area contributed by atoms with Crippen molar-refractivity contribution in [2.45, 2.75) is 32.2 Å². The first kappa shape index (κ1) is 13.4. The van der Waals surface area contributed by atoms with Crippen molar-refractivity contribution in [1.82, 2.24) is 0 Å². The molecule has 1 unspecified atom stereocenters. The molecule has 1 N–H and O–H groups in total. The molecule has 0 aromatic heterocycles. The molecule has 0 saturated carbocycles. The number of rotatable bonds is 4. The van der Waals surface area contributed by atoms with Gasteiger partial charge in [-0.25, -0.2) is 4.79 Å². The molecule has 0 spiro atoms. The third-order valence-corrected chi connectivity index (χ3v) is 3.16. The summed E-state index contributed by atoms with van der Waals surface area (Å²) in [7, 11) is 0. The van der Waals surface area contributed by atoms with E-state index in [1.54, 1.807) is 24.3 Å². The molecule has 19 heavy (non-hydrogen) atoms. The number of anilines is 1. The van der Waals surface area contributed by atoms with Crippen LogP contribution in [0.25, 0.3) is 0 Å². The van der Waals surface area contributed by atoms with Gasteiger partial charge in [0, 0.05) is 6.42 Å². The Morgan fingerprint density at radius 2 is 2.21 bits per heavy atom. The van der Waals surface area contributed by atoms with Crippen LogP contribution in [0.2, 0.25) is 0 Å². The number of nitrogens with zero attached hydrogens (tertiary/aromatic N) is 1. The van der Waals surface area contributed by atoms with E-state index >= 15 is 0 Å². The zero-order chi connectivity index (χ0) is 13.8. The Kier molecular flexibility index (Phi) is 4.04. The van der Waals surface area contributed by atoms with Crippen LogP contribution >= 0.6 is 0 Å². The van der Waals surface area contributed by atoms with Crippen LogP contribution in [0.3, 0.4) is 0 Å². The fourth-order valence-corrected chi connectivity index (χ4v) is 2.34. The fourth-order valence-electron chi connectivity index (χ4n) is 2.34. The Labute approximate surface area is 111 Å². The van der Waals surface area contributed by atoms with E-state index in [1.807, 2.05) is 6.92 Å². The van der Waals surface area contributed by atoms with Crippen LogP contribution in [-0.2, 0) is 9.59 Å². The average Bonchev–Trinajstić information content (AvgIpc) is 2.40. The molecular formula is C14H17NO4. The quantitative estimate of drug-likeness (QED) is 0.902. The van der Waals surface area contributed by atoms with Crippen molar-refractivity contribution in [1.29, 1.82) is 0 Å². The molecule has 1 aliphatic rings. The smallest absolute Gasteiger partial charge is 0.326 e. The molecule has 0 radical (unpaired) electrons. The van der Waals surface area contributed by atoms with Crippen molar-refractivity contribution in [2.75, 3.05) is 11.5 Å². The van der Waals surface area contributed by atoms with Crippen molar-refractivity contribution in [3.63, 3.8) is 0 Å². The molecule has 1 heterocycles. The number of aliphatic carboxylic acids is 1. The van der Waals surface area contributed by atoms with Crippen LogP contribution in [0.15, 0.2) is 24.3 Å². The zero-order valence-corrected chi connectivity index (χ0v) is 10.8. The van der Waals surface area contributed by atoms with Crippen molar-refractivity contribution >= 4 is 17.6 Å². The van der Waals surface area contributed by atoms with Gasteiger partial charge in [0.2, 0.25) is 5.91 Å². The summed E-state index contributed by atoms with van der Waals surface area (Å²) in [6.45, 7) is 2.32. The Balaban J connectivity index is 2.41. The van der Waals surface area contributed by atoms with Gasteiger partial charge in [-0.3, -0.25) is 9.69 Å². The number of carboxylic acid groups (broad SMARTS) is 1. The lowest BCUT2D eigenvalue weighted by molar-refractivity contribution is -0.141. The lowest BCUT2D eigenvalue weighted by atomic mass is 10.0. The van der Waals surface area contributed by atoms with Gasteiger partial charge in [0.15, 0.2) is 0 Å². The van der Waals surface area contributed by atoms with E-state index < -0.39 is 12.0 Å². The second-order valence-electron chi connectivity index (χ2n) is 4.41. The summed E-state index contributed by atoms with van der Waals surface area (Å²) < 4.78 is 5.48. The predicted molar refractivity (Wildman–Crippen MR) is 70.4 cm³/mol. The fraction of sp³-hybridized carbons (Fsp3) is 0.429. The van der Waals surface area contributed by atoms with Gasteiger partial charge < -0.3 is 9.84 Å². The number of carbonyl (C=O) groups is 2. The number of carboxylic acids is 1. The van der Waals surface area contributed by atoms with Gasteiger partial charge in [0.1, 0.15) is 11.8 Å². The molecule has 0 aliphatic carbocycles. The number of hydrogen-bond donors (Lipinski definition) is 1. The third kappa shape index (κ3) is 2.70. The molecule has 1 saturated heterocycles. The van der Waals surface area contributed by atoms with Gasteiger partial charge in [-0.1, -0.05) is 12.1 Å². The molecule has 102 valence electrons. The minimum atomic E-state index is -0.973. The summed E-state index contributed by atoms with van der Waals surface area (Å²) in [5, 5.41) is 9.27. The number of amides is 1. The summed E-state index contributed by atoms with van der Waals surface area (Å²) in [5.41, 5.74) is 0.543. The van der Waals surface area contributed by atoms with E-state index in [0.717, 1.165) is 0 Å². The Morgan fingerprint density at radius 3 is 2.89 bits per heavy atom. The third-order valence-electron chi connectivity index (χ3n) is 3.16. The highest BCUT2D eigenvalue weighted by atomic mass is 16.5. The predicted octanol–water partition coefficient (Wildman–Crippen LogP) is 2.06. The van der Waals surface area contributed by atoms with Gasteiger partial charge >= 0.3 is 5.97 Å². The SMILES string of the molecule is CCOc1ccccc1N1C(=O)CCCC1C(=O)O. The molecule has 1 atom stereocenters. The average molecular weight is 263 g/mol. The van der Waals surface area contributed by atoms with Crippen LogP contribution in [0.5, 0.6) is 5.75 Å². The van der Waals surface area contributed by atoms with Crippen LogP contribution in [0.4, 0.5) is 5.69 Å². The molecular weight excluding hydrogens is 246 g/mol. The van der Waals surface area contributed by atoms with E-state index in [0.29, 0.717) is 37.3 Å². The summed E-state index contributed by atoms with van der Waals surface area (Å²) in [6.07, 6.45) is 1.47. The maximum atomic E-state index is 12.1. The number of para-hydroxylation sites is 2. The first-order valence-electron chi connectivity index (χ1n) is 6.42. The Morgan fingerprint density at radius 1 is 1.47 bits per heavy atom. The minimum absolute atomic E-state index is 0.161. The molecule has 0 bridgehead atoms. The molecule has 5 nitrogen and oxygen atoms in total. The van der Waals surface area contributed by atoms with Gasteiger partial charge in [-0.15, -0.1) is 0 Å². The molecule has 5 heteroatoms. The highest BCUT2D eigenvalue weighted by Gasteiger charge is 2.35. The van der Waals surface area contributed by atoms with Crippen LogP contribution in [0, 0.1) is 0 Å². The highest BCUT2D eigenvalue weighted by molar-refractivity contribution is 6.01. The first-order chi connectivity index (χ1) is 9.15. The summed E-state index contributed by atoms with van der Waals surface area (Å²) >= 11 is 0. The Hall–Kier alpha value is -2.04. The topological polar surface area (TPSA) is 66.8 Å². The van der Waals surface area contributed by atoms with Crippen molar-refractivity contribution < 1.29 is 19.4 Å². The second kappa shape index (κ2) is 5.73. The van der Waals surface area contributed by atoms with E-state index in [2.05, 4.69) is 0 Å². The van der Waals surface area contributed by atoms with Crippen LogP contribution in [-0.4, -0.2) is 29.6 Å². The lowest BCUT2D eigenvalue weighted by Crippen LogP contribution is -2.48. The number of benzene rings is 1. The zero-order valence-electron chi connectivity index (χ0n) is 10.8. The molecule has 2 rings (SSSR count). The van der Waals surface area contributed by atoms with Gasteiger partial charge in [0.25, 0.3) is 0 Å². The largest absolute Gasteiger partial charge is 0.492 e. The van der Waals surface area contributed by atoms with Gasteiger partial charge in [-0.2, -0.15) is 0 Å². The summed E-state index contributed by atoms with van der Waals surface area (Å²) in [6, 6.07) is 6.25. The highest BCUT2D eigenvalue weighted by Crippen LogP contribution is 2.33. The number of ether oxygens (including phenoxy) is 1. The summed E-state index contributed by atoms with van der Waals surface area (Å²) in [4.78, 5) is 24.7. The van der Waals surface area contributed by atoms with E-state index in [9.17, 15) is 14.7 Å². The number of hydrogen-bond acceptors (Lipinski definition) is 3. The van der Waals surface area contributed by atoms with E-state index in [4.69, 9.17) is 4.74 Å². The maximum Gasteiger partial charge on any atom is 0.326 e. The molecule has 1 aromatic rings. The number of carbonyl (C=O) groups excluding carboxylic acids is 1. The van der Waals surface area contributed by atoms with Crippen LogP contribution in [0.1, 0.15) is 26.2 Å². The molecule has 1 aliphatic heterocycles. The van der Waals surface area contributed by atoms with Crippen molar-refractivity contribution in [3.05, 3.63) is 24.3 Å². The lowest BCUT2D eigenvalue weighted by Gasteiger charge is -2.33. The number of piperidine rings is 1. The van der Waals surface area contributed by atoms with Crippen LogP contribution < -0.4 is 9.64 Å². The normalized spacial score (nSPS) is 19.3. The monoisotopic (exact) mass is 263 g/mol. The van der Waals surface area contributed by atoms with Gasteiger partial charge in [0.05, 0.1) is 12.3 Å². The van der Waals surface area contributed by atoms with E-state index in [1.165, 1.54) is 4.90 Å². The molecule has 1 aromatic carbocycles. The summed E-state index contributed by atoms with van der Waals surface area (Å²) in [5.74, 6) is -0.586. The second-order valence-corrected chi connectivity index (χ2v) is 4.41. The van der Waals surface area contributed by atoms with E-state index in [-0.39, 0.29) is 5.91 Å². The Bertz CT molecular complexity index is 486.